The molecule has 404 valence electrons. The van der Waals surface area contributed by atoms with Crippen molar-refractivity contribution in [3.05, 3.63) is 295 Å². The first-order valence-electron chi connectivity index (χ1n) is 40.2. The van der Waals surface area contributed by atoms with Crippen LogP contribution in [0.25, 0.3) is 117 Å². The number of nitrogens with zero attached hydrogens (tertiary/aromatic N) is 4. The van der Waals surface area contributed by atoms with Gasteiger partial charge in [0.15, 0.2) is 0 Å². The molecule has 0 saturated carbocycles. The van der Waals surface area contributed by atoms with E-state index in [1.807, 2.05) is 57.2 Å². The number of rotatable bonds is 11. The van der Waals surface area contributed by atoms with E-state index in [9.17, 15) is 9.60 Å². The van der Waals surface area contributed by atoms with Gasteiger partial charge in [0, 0.05) is 40.9 Å². The van der Waals surface area contributed by atoms with Gasteiger partial charge in [-0.3, -0.25) is 13.7 Å². The molecule has 3 aromatic heterocycles. The quantitative estimate of drug-likeness (QED) is 0.0956. The Labute approximate surface area is 529 Å². The molecule has 0 atom stereocenters. The largest absolute Gasteiger partial charge is 0.458 e. The molecule has 0 unspecified atom stereocenters. The molecule has 11 aromatic carbocycles. The van der Waals surface area contributed by atoms with Crippen LogP contribution in [-0.2, 0) is 5.41 Å². The van der Waals surface area contributed by atoms with E-state index >= 15 is 0 Å². The maximum Gasteiger partial charge on any atom is 0.269 e. The topological polar surface area (TPSA) is 35.9 Å². The third-order valence-electron chi connectivity index (χ3n) is 14.7. The predicted molar refractivity (Wildman–Crippen MR) is 348 cm³/mol. The van der Waals surface area contributed by atoms with E-state index in [0.29, 0.717) is 33.2 Å². The number of pyridine rings is 1. The summed E-state index contributed by atoms with van der Waals surface area (Å²) in [6.45, 7) is -2.61. The number of hydrogen-bond donors (Lipinski definition) is 0. The van der Waals surface area contributed by atoms with Crippen molar-refractivity contribution < 1.29 is 46.3 Å². The molecule has 3 heterocycles. The summed E-state index contributed by atoms with van der Waals surface area (Å²) in [5.74, 6) is 0.537. The zero-order valence-electron chi connectivity index (χ0n) is 72.2. The predicted octanol–water partition coefficient (Wildman–Crippen LogP) is 20.2. The van der Waals surface area contributed by atoms with Crippen molar-refractivity contribution in [2.24, 2.45) is 0 Å². The minimum absolute atomic E-state index is 0.0348. The molecule has 0 fully saturated rings. The fraction of sp³-hybridized carbons (Fsp3) is 0.0886. The lowest BCUT2D eigenvalue weighted by Crippen LogP contribution is -2.31. The van der Waals surface area contributed by atoms with Crippen molar-refractivity contribution in [2.75, 3.05) is 0 Å². The number of benzene rings is 11. The molecule has 0 radical (unpaired) electrons. The monoisotopic (exact) mass is 1110 g/mol. The molecule has 0 saturated heterocycles. The Morgan fingerprint density at radius 2 is 1.11 bits per heavy atom. The van der Waals surface area contributed by atoms with E-state index in [1.54, 1.807) is 92.6 Å². The zero-order valence-corrected chi connectivity index (χ0v) is 45.2. The number of aryl methyl sites for hydroxylation is 3. The van der Waals surface area contributed by atoms with E-state index in [-0.39, 0.29) is 78.5 Å². The van der Waals surface area contributed by atoms with Crippen LogP contribution < -0.4 is 9.30 Å². The first kappa shape index (κ1) is 30.1. The second-order valence-corrected chi connectivity index (χ2v) is 21.0. The van der Waals surface area contributed by atoms with Crippen LogP contribution in [0.4, 0.5) is 0 Å². The van der Waals surface area contributed by atoms with Crippen LogP contribution in [0, 0.1) is 26.9 Å². The van der Waals surface area contributed by atoms with Gasteiger partial charge in [0.2, 0.25) is 0 Å². The summed E-state index contributed by atoms with van der Waals surface area (Å²) in [6.07, 6.45) is 4.69. The minimum atomic E-state index is -2.90. The van der Waals surface area contributed by atoms with Crippen LogP contribution >= 0.6 is 0 Å². The van der Waals surface area contributed by atoms with Gasteiger partial charge < -0.3 is 4.74 Å². The molecular formula is C79H62N4O. The third-order valence-corrected chi connectivity index (χ3v) is 14.7. The maximum absolute atomic E-state index is 10.4. The highest BCUT2D eigenvalue weighted by Crippen LogP contribution is 2.42. The maximum atomic E-state index is 10.4. The standard InChI is InChI=1S/C79H62N4O/c1-52-22-18-23-53(2)77(52)59-38-41-73-75(47-59)81(64-32-20-33-65(48-64)84-66-39-40-70-69-34-16-17-37-72(69)83(74(70)49-66)76-42-54(3)71(50-80-76)57-28-14-9-15-29-57)51-82(73)78-67(58-30-19-31-63(46-58)79(4,5)6)35-21-36-68(78)62-44-60(55-24-10-7-11-25-55)43-61(45-62)56-26-12-8-13-27-56/h7-50H,1-6H3/i1D3,2D3,3D3,7D,8D,9D,10D,11D,12D,13D,14D,15D,24D,25D,26D,27D,28D,29D,43D,44D,45D. The Kier molecular flexibility index (Phi) is 7.59. The van der Waals surface area contributed by atoms with Gasteiger partial charge in [0.25, 0.3) is 6.33 Å². The van der Waals surface area contributed by atoms with E-state index in [2.05, 4.69) is 6.33 Å². The Bertz CT molecular complexity index is 6090. The Morgan fingerprint density at radius 1 is 0.476 bits per heavy atom. The molecule has 0 spiro atoms. The summed E-state index contributed by atoms with van der Waals surface area (Å²) in [6, 6.07) is 27.6. The second-order valence-electron chi connectivity index (χ2n) is 21.0. The first-order valence-corrected chi connectivity index (χ1v) is 26.7. The SMILES string of the molecule is [2H]c1c([2H])c([2H])c(-c2cnc(-n3c4ccccc4c4ccc(Oc5cccc(-n6[c-][n+](-c7c(-c8cccc(C(C)(C)C)c8)cccc7-c7c([2H])c(-c8c([2H])c([2H])c([2H])c([2H])c8[2H])c([2H])c(-c8c([2H])c([2H])c([2H])c([2H])c8[2H])c7[2H])c7ccc(-c8c(C([2H])([2H])[2H])cccc8C([2H])([2H])[2H])cc76)c5)cc43)cc2C([2H])([2H])[2H])c([2H])c1[2H]. The molecule has 0 N–H and O–H groups in total. The molecular weight excluding hydrogens is 1020 g/mol. The lowest BCUT2D eigenvalue weighted by molar-refractivity contribution is -0.571. The van der Waals surface area contributed by atoms with E-state index in [1.165, 1.54) is 42.6 Å². The van der Waals surface area contributed by atoms with Crippen LogP contribution in [0.5, 0.6) is 11.5 Å². The van der Waals surface area contributed by atoms with Crippen molar-refractivity contribution in [1.29, 1.82) is 0 Å². The van der Waals surface area contributed by atoms with Gasteiger partial charge in [-0.15, -0.1) is 0 Å². The molecule has 0 aliphatic rings. The van der Waals surface area contributed by atoms with Crippen molar-refractivity contribution in [3.63, 3.8) is 0 Å². The molecule has 5 nitrogen and oxygen atoms in total. The normalized spacial score (nSPS) is 16.7. The summed E-state index contributed by atoms with van der Waals surface area (Å²) >= 11 is 0. The van der Waals surface area contributed by atoms with Crippen LogP contribution in [0.3, 0.4) is 0 Å². The Balaban J connectivity index is 1.04. The molecule has 0 amide bonds. The molecule has 0 aliphatic carbocycles. The number of aromatic nitrogens is 4. The van der Waals surface area contributed by atoms with Crippen LogP contribution in [0.2, 0.25) is 0 Å². The number of fused-ring (bicyclic) bond motifs is 4. The fourth-order valence-electron chi connectivity index (χ4n) is 10.7. The van der Waals surface area contributed by atoms with E-state index in [4.69, 9.17) is 37.1 Å². The summed E-state index contributed by atoms with van der Waals surface area (Å²) in [4.78, 5) is 4.72. The molecule has 84 heavy (non-hydrogen) atoms. The molecule has 14 aromatic rings. The Hall–Kier alpha value is -10.4. The van der Waals surface area contributed by atoms with Gasteiger partial charge in [-0.05, 0) is 176 Å². The van der Waals surface area contributed by atoms with Gasteiger partial charge in [-0.1, -0.05) is 208 Å². The number of ether oxygens (including phenoxy) is 1. The summed E-state index contributed by atoms with van der Waals surface area (Å²) < 4.78 is 253. The van der Waals surface area contributed by atoms with Gasteiger partial charge in [0.1, 0.15) is 17.3 Å². The lowest BCUT2D eigenvalue weighted by atomic mass is 9.84. The fourth-order valence-corrected chi connectivity index (χ4v) is 10.7. The van der Waals surface area contributed by atoms with Crippen molar-refractivity contribution in [1.82, 2.24) is 14.1 Å². The van der Waals surface area contributed by atoms with Gasteiger partial charge >= 0.3 is 0 Å². The summed E-state index contributed by atoms with van der Waals surface area (Å²) in [5, 5.41) is 1.41. The third kappa shape index (κ3) is 9.53. The number of hydrogen-bond acceptors (Lipinski definition) is 2. The van der Waals surface area contributed by atoms with E-state index in [0.717, 1.165) is 10.9 Å². The highest BCUT2D eigenvalue weighted by Gasteiger charge is 2.24. The Morgan fingerprint density at radius 3 is 1.82 bits per heavy atom. The molecule has 0 bridgehead atoms. The number of imidazole rings is 1. The highest BCUT2D eigenvalue weighted by molar-refractivity contribution is 6.09. The van der Waals surface area contributed by atoms with Crippen LogP contribution in [0.15, 0.2) is 267 Å². The van der Waals surface area contributed by atoms with Crippen molar-refractivity contribution in [3.8, 4) is 95.5 Å². The second kappa shape index (κ2) is 21.2. The molecule has 14 rings (SSSR count). The van der Waals surface area contributed by atoms with Gasteiger partial charge in [-0.25, -0.2) is 4.98 Å². The van der Waals surface area contributed by atoms with Crippen molar-refractivity contribution >= 4 is 32.8 Å². The minimum Gasteiger partial charge on any atom is -0.458 e. The lowest BCUT2D eigenvalue weighted by Gasteiger charge is -2.22. The average molecular weight is 1110 g/mol. The average Bonchev–Trinajstić information content (AvgIpc) is 1.29. The van der Waals surface area contributed by atoms with Crippen molar-refractivity contribution in [2.45, 2.75) is 46.7 Å². The highest BCUT2D eigenvalue weighted by atomic mass is 16.5. The smallest absolute Gasteiger partial charge is 0.269 e. The van der Waals surface area contributed by atoms with Gasteiger partial charge in [-0.2, -0.15) is 0 Å². The van der Waals surface area contributed by atoms with Crippen LogP contribution in [0.1, 0.15) is 80.0 Å². The summed E-state index contributed by atoms with van der Waals surface area (Å²) in [5.41, 5.74) is -1.25. The molecule has 5 heteroatoms. The first-order chi connectivity index (χ1) is 52.1. The zero-order chi connectivity index (χ0) is 80.2. The van der Waals surface area contributed by atoms with E-state index < -0.39 is 163 Å². The number of para-hydroxylation sites is 2. The van der Waals surface area contributed by atoms with Crippen LogP contribution in [-0.4, -0.2) is 14.1 Å². The molecule has 0 aliphatic heterocycles. The summed E-state index contributed by atoms with van der Waals surface area (Å²) in [7, 11) is 0. The van der Waals surface area contributed by atoms with Gasteiger partial charge in [0.05, 0.1) is 58.1 Å².